The number of likely N-dealkylation sites (tertiary alicyclic amines) is 1. The van der Waals surface area contributed by atoms with Crippen LogP contribution in [0.2, 0.25) is 0 Å². The second-order valence-corrected chi connectivity index (χ2v) is 7.68. The number of rotatable bonds is 3. The third kappa shape index (κ3) is 3.56. The van der Waals surface area contributed by atoms with E-state index < -0.39 is 0 Å². The van der Waals surface area contributed by atoms with Gasteiger partial charge in [-0.1, -0.05) is 13.8 Å². The molecule has 2 aliphatic heterocycles. The second-order valence-electron chi connectivity index (χ2n) is 7.68. The maximum atomic E-state index is 12.9. The predicted octanol–water partition coefficient (Wildman–Crippen LogP) is 3.23. The number of piperidine rings is 2. The molecule has 3 rings (SSSR count). The van der Waals surface area contributed by atoms with Gasteiger partial charge in [0.2, 0.25) is 5.91 Å². The highest BCUT2D eigenvalue weighted by Crippen LogP contribution is 2.59. The van der Waals surface area contributed by atoms with E-state index >= 15 is 0 Å². The number of nitrogens with zero attached hydrogens (tertiary/aromatic N) is 1. The molecule has 1 aliphatic carbocycles. The van der Waals surface area contributed by atoms with Crippen molar-refractivity contribution in [2.24, 2.45) is 17.3 Å². The fourth-order valence-corrected chi connectivity index (χ4v) is 4.45. The van der Waals surface area contributed by atoms with Crippen molar-refractivity contribution in [3.63, 3.8) is 0 Å². The van der Waals surface area contributed by atoms with Crippen molar-refractivity contribution >= 4 is 18.3 Å². The number of carbonyl (C=O) groups is 1. The molecule has 0 aromatic heterocycles. The summed E-state index contributed by atoms with van der Waals surface area (Å²) in [6.07, 6.45) is 8.53. The van der Waals surface area contributed by atoms with Gasteiger partial charge in [-0.2, -0.15) is 0 Å². The van der Waals surface area contributed by atoms with Gasteiger partial charge >= 0.3 is 0 Å². The van der Waals surface area contributed by atoms with Gasteiger partial charge in [-0.25, -0.2) is 0 Å². The van der Waals surface area contributed by atoms with Crippen LogP contribution in [0.1, 0.15) is 58.8 Å². The zero-order chi connectivity index (χ0) is 14.2. The Bertz CT molecular complexity index is 366. The molecule has 1 amide bonds. The topological polar surface area (TPSA) is 32.3 Å². The molecule has 1 N–H and O–H groups in total. The summed E-state index contributed by atoms with van der Waals surface area (Å²) in [7, 11) is 0. The second kappa shape index (κ2) is 6.87. The lowest BCUT2D eigenvalue weighted by atomic mass is 9.90. The van der Waals surface area contributed by atoms with Crippen LogP contribution in [-0.4, -0.2) is 36.5 Å². The highest BCUT2D eigenvalue weighted by atomic mass is 35.5. The molecule has 3 fully saturated rings. The van der Waals surface area contributed by atoms with E-state index in [-0.39, 0.29) is 12.4 Å². The van der Waals surface area contributed by atoms with Gasteiger partial charge in [-0.05, 0) is 69.4 Å². The van der Waals surface area contributed by atoms with Crippen molar-refractivity contribution in [3.8, 4) is 0 Å². The zero-order valence-electron chi connectivity index (χ0n) is 13.6. The van der Waals surface area contributed by atoms with Crippen LogP contribution < -0.4 is 5.32 Å². The van der Waals surface area contributed by atoms with Gasteiger partial charge in [0.1, 0.15) is 0 Å². The molecule has 2 saturated heterocycles. The molecule has 0 bridgehead atoms. The molecule has 122 valence electrons. The molecular formula is C17H31ClN2O. The molecule has 0 aromatic carbocycles. The predicted molar refractivity (Wildman–Crippen MR) is 88.7 cm³/mol. The molecular weight excluding hydrogens is 284 g/mol. The van der Waals surface area contributed by atoms with Crippen LogP contribution >= 0.6 is 12.4 Å². The van der Waals surface area contributed by atoms with Crippen molar-refractivity contribution in [3.05, 3.63) is 0 Å². The molecule has 1 saturated carbocycles. The minimum atomic E-state index is 0. The molecule has 3 aliphatic rings. The van der Waals surface area contributed by atoms with Gasteiger partial charge in [0.25, 0.3) is 0 Å². The molecule has 21 heavy (non-hydrogen) atoms. The van der Waals surface area contributed by atoms with Crippen LogP contribution in [0.15, 0.2) is 0 Å². The quantitative estimate of drug-likeness (QED) is 0.867. The Balaban J connectivity index is 0.00000161. The molecule has 1 spiro atoms. The molecule has 3 nitrogen and oxygen atoms in total. The standard InChI is InChI=1S/C17H30N2O.ClH/c1-13(2)11-14-5-3-4-10-19(14)16(20)15-12-17(15)6-8-18-9-7-17;/h13-15,18H,3-12H2,1-2H3;1H. The number of nitrogens with one attached hydrogen (secondary N) is 1. The molecule has 2 atom stereocenters. The number of hydrogen-bond donors (Lipinski definition) is 1. The van der Waals surface area contributed by atoms with E-state index in [4.69, 9.17) is 0 Å². The fraction of sp³-hybridized carbons (Fsp3) is 0.941. The molecule has 0 radical (unpaired) electrons. The van der Waals surface area contributed by atoms with Crippen molar-refractivity contribution in [2.75, 3.05) is 19.6 Å². The van der Waals surface area contributed by atoms with Crippen molar-refractivity contribution in [1.82, 2.24) is 10.2 Å². The van der Waals surface area contributed by atoms with Crippen LogP contribution in [0.3, 0.4) is 0 Å². The lowest BCUT2D eigenvalue weighted by Gasteiger charge is -2.38. The highest BCUT2D eigenvalue weighted by Gasteiger charge is 2.59. The van der Waals surface area contributed by atoms with E-state index in [9.17, 15) is 4.79 Å². The molecule has 4 heteroatoms. The Hall–Kier alpha value is -0.280. The van der Waals surface area contributed by atoms with Crippen LogP contribution in [0.25, 0.3) is 0 Å². The summed E-state index contributed by atoms with van der Waals surface area (Å²) < 4.78 is 0. The summed E-state index contributed by atoms with van der Waals surface area (Å²) in [5.41, 5.74) is 0.391. The smallest absolute Gasteiger partial charge is 0.226 e. The summed E-state index contributed by atoms with van der Waals surface area (Å²) >= 11 is 0. The van der Waals surface area contributed by atoms with E-state index in [1.165, 1.54) is 44.9 Å². The Morgan fingerprint density at radius 2 is 2.00 bits per heavy atom. The van der Waals surface area contributed by atoms with E-state index in [0.717, 1.165) is 19.6 Å². The monoisotopic (exact) mass is 314 g/mol. The van der Waals surface area contributed by atoms with Gasteiger partial charge in [-0.3, -0.25) is 4.79 Å². The fourth-order valence-electron chi connectivity index (χ4n) is 4.45. The summed E-state index contributed by atoms with van der Waals surface area (Å²) in [5, 5.41) is 3.43. The molecule has 0 aromatic rings. The first-order valence-electron chi connectivity index (χ1n) is 8.63. The Morgan fingerprint density at radius 3 is 2.67 bits per heavy atom. The summed E-state index contributed by atoms with van der Waals surface area (Å²) in [6.45, 7) is 7.80. The molecule has 2 heterocycles. The van der Waals surface area contributed by atoms with Gasteiger partial charge in [-0.15, -0.1) is 12.4 Å². The van der Waals surface area contributed by atoms with E-state index in [1.807, 2.05) is 0 Å². The minimum Gasteiger partial charge on any atom is -0.339 e. The SMILES string of the molecule is CC(C)CC1CCCCN1C(=O)C1CC12CCNCC2.Cl. The number of carbonyl (C=O) groups excluding carboxylic acids is 1. The van der Waals surface area contributed by atoms with Crippen molar-refractivity contribution < 1.29 is 4.79 Å². The van der Waals surface area contributed by atoms with E-state index in [0.29, 0.717) is 29.2 Å². The van der Waals surface area contributed by atoms with Gasteiger partial charge < -0.3 is 10.2 Å². The largest absolute Gasteiger partial charge is 0.339 e. The van der Waals surface area contributed by atoms with Crippen LogP contribution in [-0.2, 0) is 4.79 Å². The van der Waals surface area contributed by atoms with Crippen LogP contribution in [0.4, 0.5) is 0 Å². The third-order valence-electron chi connectivity index (χ3n) is 5.74. The lowest BCUT2D eigenvalue weighted by Crippen LogP contribution is -2.46. The van der Waals surface area contributed by atoms with Crippen LogP contribution in [0.5, 0.6) is 0 Å². The van der Waals surface area contributed by atoms with Gasteiger partial charge in [0.15, 0.2) is 0 Å². The van der Waals surface area contributed by atoms with Crippen molar-refractivity contribution in [2.45, 2.75) is 64.8 Å². The Morgan fingerprint density at radius 1 is 1.29 bits per heavy atom. The van der Waals surface area contributed by atoms with Crippen molar-refractivity contribution in [1.29, 1.82) is 0 Å². The molecule has 2 unspecified atom stereocenters. The number of halogens is 1. The first-order valence-corrected chi connectivity index (χ1v) is 8.63. The maximum Gasteiger partial charge on any atom is 0.226 e. The average molecular weight is 315 g/mol. The van der Waals surface area contributed by atoms with Gasteiger partial charge in [0, 0.05) is 18.5 Å². The number of amides is 1. The van der Waals surface area contributed by atoms with E-state index in [1.54, 1.807) is 0 Å². The zero-order valence-corrected chi connectivity index (χ0v) is 14.4. The summed E-state index contributed by atoms with van der Waals surface area (Å²) in [5.74, 6) is 1.55. The third-order valence-corrected chi connectivity index (χ3v) is 5.74. The highest BCUT2D eigenvalue weighted by molar-refractivity contribution is 5.85. The van der Waals surface area contributed by atoms with E-state index in [2.05, 4.69) is 24.1 Å². The first-order chi connectivity index (χ1) is 9.62. The lowest BCUT2D eigenvalue weighted by molar-refractivity contribution is -0.137. The summed E-state index contributed by atoms with van der Waals surface area (Å²) in [6, 6.07) is 0.524. The van der Waals surface area contributed by atoms with Gasteiger partial charge in [0.05, 0.1) is 0 Å². The van der Waals surface area contributed by atoms with Crippen LogP contribution in [0, 0.1) is 17.3 Å². The normalized spacial score (nSPS) is 31.1. The summed E-state index contributed by atoms with van der Waals surface area (Å²) in [4.78, 5) is 15.2. The number of hydrogen-bond acceptors (Lipinski definition) is 2. The average Bonchev–Trinajstić information content (AvgIpc) is 3.12. The first kappa shape index (κ1) is 17.1. The Kier molecular flexibility index (Phi) is 5.59. The minimum absolute atomic E-state index is 0. The maximum absolute atomic E-state index is 12.9. The Labute approximate surface area is 135 Å².